The summed E-state index contributed by atoms with van der Waals surface area (Å²) in [5.41, 5.74) is 7.88. The second kappa shape index (κ2) is 5.85. The molecule has 1 aromatic carbocycles. The Labute approximate surface area is 121 Å². The van der Waals surface area contributed by atoms with Crippen molar-refractivity contribution in [3.63, 3.8) is 0 Å². The number of carbonyl (C=O) groups is 1. The van der Waals surface area contributed by atoms with Crippen LogP contribution >= 0.6 is 11.6 Å². The molecule has 2 aromatic rings. The van der Waals surface area contributed by atoms with E-state index in [1.54, 1.807) is 13.0 Å². The Hall–Kier alpha value is -2.19. The van der Waals surface area contributed by atoms with Gasteiger partial charge in [-0.1, -0.05) is 23.4 Å². The SMILES string of the molecule is COC(=O)CCC#Cc1c(N)c(Cl)cc2nc(C)oc12. The Morgan fingerprint density at radius 1 is 1.60 bits per heavy atom. The van der Waals surface area contributed by atoms with Crippen molar-refractivity contribution in [2.24, 2.45) is 0 Å². The van der Waals surface area contributed by atoms with E-state index in [2.05, 4.69) is 21.6 Å². The number of benzene rings is 1. The molecule has 0 aliphatic rings. The van der Waals surface area contributed by atoms with Gasteiger partial charge in [-0.05, 0) is 6.07 Å². The van der Waals surface area contributed by atoms with Gasteiger partial charge in [-0.3, -0.25) is 4.79 Å². The topological polar surface area (TPSA) is 78.4 Å². The van der Waals surface area contributed by atoms with Gasteiger partial charge in [-0.2, -0.15) is 0 Å². The highest BCUT2D eigenvalue weighted by Gasteiger charge is 2.13. The van der Waals surface area contributed by atoms with Crippen LogP contribution in [0.1, 0.15) is 24.3 Å². The first-order valence-corrected chi connectivity index (χ1v) is 6.31. The number of nitrogens with two attached hydrogens (primary N) is 1. The number of nitrogen functional groups attached to an aromatic ring is 1. The Balaban J connectivity index is 2.35. The summed E-state index contributed by atoms with van der Waals surface area (Å²) < 4.78 is 10.0. The van der Waals surface area contributed by atoms with Crippen LogP contribution in [0.15, 0.2) is 10.5 Å². The molecule has 0 amide bonds. The van der Waals surface area contributed by atoms with Crippen LogP contribution in [0.25, 0.3) is 11.1 Å². The fraction of sp³-hybridized carbons (Fsp3) is 0.286. The predicted molar refractivity (Wildman–Crippen MR) is 76.3 cm³/mol. The average Bonchev–Trinajstić information content (AvgIpc) is 2.78. The van der Waals surface area contributed by atoms with Crippen LogP contribution in [-0.2, 0) is 9.53 Å². The number of nitrogens with zero attached hydrogens (tertiary/aromatic N) is 1. The van der Waals surface area contributed by atoms with Crippen LogP contribution in [0.3, 0.4) is 0 Å². The van der Waals surface area contributed by atoms with Gasteiger partial charge in [0.05, 0.1) is 29.8 Å². The van der Waals surface area contributed by atoms with Crippen LogP contribution in [0, 0.1) is 18.8 Å². The van der Waals surface area contributed by atoms with Crippen LogP contribution in [0.4, 0.5) is 5.69 Å². The monoisotopic (exact) mass is 292 g/mol. The van der Waals surface area contributed by atoms with Gasteiger partial charge in [0.25, 0.3) is 0 Å². The van der Waals surface area contributed by atoms with E-state index >= 15 is 0 Å². The molecule has 0 bridgehead atoms. The van der Waals surface area contributed by atoms with Crippen molar-refractivity contribution in [2.45, 2.75) is 19.8 Å². The Morgan fingerprint density at radius 2 is 2.35 bits per heavy atom. The number of halogens is 1. The first-order valence-electron chi connectivity index (χ1n) is 5.93. The van der Waals surface area contributed by atoms with Crippen molar-refractivity contribution in [3.05, 3.63) is 22.5 Å². The predicted octanol–water partition coefficient (Wildman–Crippen LogP) is 2.68. The maximum absolute atomic E-state index is 11.0. The summed E-state index contributed by atoms with van der Waals surface area (Å²) in [6, 6.07) is 1.64. The van der Waals surface area contributed by atoms with Gasteiger partial charge < -0.3 is 14.9 Å². The molecule has 5 nitrogen and oxygen atoms in total. The Bertz CT molecular complexity index is 725. The zero-order valence-corrected chi connectivity index (χ0v) is 11.9. The lowest BCUT2D eigenvalue weighted by Crippen LogP contribution is -1.98. The molecule has 0 spiro atoms. The van der Waals surface area contributed by atoms with Gasteiger partial charge >= 0.3 is 5.97 Å². The van der Waals surface area contributed by atoms with E-state index in [1.807, 2.05) is 0 Å². The zero-order valence-electron chi connectivity index (χ0n) is 11.1. The summed E-state index contributed by atoms with van der Waals surface area (Å²) in [6.45, 7) is 1.73. The number of oxazole rings is 1. The van der Waals surface area contributed by atoms with Gasteiger partial charge in [-0.25, -0.2) is 4.98 Å². The lowest BCUT2D eigenvalue weighted by atomic mass is 10.1. The molecular weight excluding hydrogens is 280 g/mol. The van der Waals surface area contributed by atoms with E-state index in [0.717, 1.165) is 0 Å². The van der Waals surface area contributed by atoms with Gasteiger partial charge in [0.1, 0.15) is 5.52 Å². The molecule has 0 radical (unpaired) electrons. The Kier molecular flexibility index (Phi) is 4.16. The summed E-state index contributed by atoms with van der Waals surface area (Å²) in [4.78, 5) is 15.2. The molecule has 0 atom stereocenters. The molecule has 2 rings (SSSR count). The van der Waals surface area contributed by atoms with Crippen LogP contribution < -0.4 is 5.73 Å². The third kappa shape index (κ3) is 2.86. The van der Waals surface area contributed by atoms with Gasteiger partial charge in [-0.15, -0.1) is 0 Å². The third-order valence-corrected chi connectivity index (χ3v) is 2.99. The van der Waals surface area contributed by atoms with Gasteiger partial charge in [0, 0.05) is 13.3 Å². The quantitative estimate of drug-likeness (QED) is 0.523. The summed E-state index contributed by atoms with van der Waals surface area (Å²) in [7, 11) is 1.34. The highest BCUT2D eigenvalue weighted by atomic mass is 35.5. The minimum absolute atomic E-state index is 0.225. The summed E-state index contributed by atoms with van der Waals surface area (Å²) in [5, 5.41) is 0.378. The summed E-state index contributed by atoms with van der Waals surface area (Å²) in [6.07, 6.45) is 0.593. The normalized spacial score (nSPS) is 10.2. The summed E-state index contributed by atoms with van der Waals surface area (Å²) >= 11 is 6.04. The molecule has 0 unspecified atom stereocenters. The number of hydrogen-bond donors (Lipinski definition) is 1. The number of methoxy groups -OCH3 is 1. The zero-order chi connectivity index (χ0) is 14.7. The summed E-state index contributed by atoms with van der Waals surface area (Å²) in [5.74, 6) is 5.95. The number of hydrogen-bond acceptors (Lipinski definition) is 5. The molecule has 0 saturated heterocycles. The van der Waals surface area contributed by atoms with Gasteiger partial charge in [0.15, 0.2) is 11.5 Å². The van der Waals surface area contributed by atoms with E-state index in [1.165, 1.54) is 7.11 Å². The number of rotatable bonds is 2. The van der Waals surface area contributed by atoms with Crippen molar-refractivity contribution >= 4 is 34.4 Å². The molecule has 0 aliphatic carbocycles. The number of carbonyl (C=O) groups excluding carboxylic acids is 1. The molecule has 1 aromatic heterocycles. The molecule has 1 heterocycles. The first-order chi connectivity index (χ1) is 9.52. The third-order valence-electron chi connectivity index (χ3n) is 2.67. The molecule has 2 N–H and O–H groups in total. The number of aryl methyl sites for hydroxylation is 1. The largest absolute Gasteiger partial charge is 0.469 e. The number of aromatic nitrogens is 1. The molecule has 0 saturated carbocycles. The van der Waals surface area contributed by atoms with Crippen molar-refractivity contribution < 1.29 is 13.9 Å². The van der Waals surface area contributed by atoms with Crippen molar-refractivity contribution in [2.75, 3.05) is 12.8 Å². The second-order valence-corrected chi connectivity index (χ2v) is 4.51. The standard InChI is InChI=1S/C14H13ClN2O3/c1-8-17-11-7-10(15)13(16)9(14(11)20-8)5-3-4-6-12(18)19-2/h7H,4,6,16H2,1-2H3. The second-order valence-electron chi connectivity index (χ2n) is 4.11. The minimum atomic E-state index is -0.306. The molecule has 104 valence electrons. The van der Waals surface area contributed by atoms with Crippen molar-refractivity contribution in [3.8, 4) is 11.8 Å². The molecule has 20 heavy (non-hydrogen) atoms. The van der Waals surface area contributed by atoms with E-state index in [-0.39, 0.29) is 12.4 Å². The van der Waals surface area contributed by atoms with Crippen molar-refractivity contribution in [1.29, 1.82) is 0 Å². The van der Waals surface area contributed by atoms with E-state index in [0.29, 0.717) is 39.7 Å². The van der Waals surface area contributed by atoms with Crippen LogP contribution in [-0.4, -0.2) is 18.1 Å². The highest BCUT2D eigenvalue weighted by molar-refractivity contribution is 6.34. The minimum Gasteiger partial charge on any atom is -0.469 e. The highest BCUT2D eigenvalue weighted by Crippen LogP contribution is 2.31. The van der Waals surface area contributed by atoms with Crippen molar-refractivity contribution in [1.82, 2.24) is 4.98 Å². The maximum Gasteiger partial charge on any atom is 0.306 e. The fourth-order valence-corrected chi connectivity index (χ4v) is 1.90. The fourth-order valence-electron chi connectivity index (χ4n) is 1.70. The molecular formula is C14H13ClN2O3. The maximum atomic E-state index is 11.0. The van der Waals surface area contributed by atoms with Crippen LogP contribution in [0.5, 0.6) is 0 Å². The number of fused-ring (bicyclic) bond motifs is 1. The average molecular weight is 293 g/mol. The smallest absolute Gasteiger partial charge is 0.306 e. The Morgan fingerprint density at radius 3 is 3.05 bits per heavy atom. The van der Waals surface area contributed by atoms with E-state index in [4.69, 9.17) is 21.8 Å². The first kappa shape index (κ1) is 14.2. The van der Waals surface area contributed by atoms with E-state index in [9.17, 15) is 4.79 Å². The number of ether oxygens (including phenoxy) is 1. The number of anilines is 1. The lowest BCUT2D eigenvalue weighted by molar-refractivity contribution is -0.140. The van der Waals surface area contributed by atoms with E-state index < -0.39 is 0 Å². The number of esters is 1. The molecule has 0 fully saturated rings. The molecule has 6 heteroatoms. The lowest BCUT2D eigenvalue weighted by Gasteiger charge is -2.01. The van der Waals surface area contributed by atoms with Crippen LogP contribution in [0.2, 0.25) is 5.02 Å². The molecule has 0 aliphatic heterocycles. The van der Waals surface area contributed by atoms with Gasteiger partial charge in [0.2, 0.25) is 0 Å².